The fourth-order valence-electron chi connectivity index (χ4n) is 1.33. The number of ether oxygens (including phenoxy) is 1. The van der Waals surface area contributed by atoms with E-state index < -0.39 is 5.97 Å². The van der Waals surface area contributed by atoms with E-state index in [0.717, 1.165) is 6.42 Å². The van der Waals surface area contributed by atoms with E-state index >= 15 is 0 Å². The Bertz CT molecular complexity index is 477. The summed E-state index contributed by atoms with van der Waals surface area (Å²) in [6.07, 6.45) is 0.806. The first-order valence-corrected chi connectivity index (χ1v) is 6.34. The Hall–Kier alpha value is -1.75. The smallest absolute Gasteiger partial charge is 0.340 e. The molecule has 0 aliphatic rings. The van der Waals surface area contributed by atoms with Gasteiger partial charge in [-0.05, 0) is 25.5 Å². The minimum absolute atomic E-state index is 0.0437. The summed E-state index contributed by atoms with van der Waals surface area (Å²) in [6.45, 7) is 3.48. The van der Waals surface area contributed by atoms with Crippen LogP contribution < -0.4 is 11.1 Å². The van der Waals surface area contributed by atoms with Crippen LogP contribution in [0.25, 0.3) is 0 Å². The number of hydrogen-bond acceptors (Lipinski definition) is 4. The first kappa shape index (κ1) is 15.3. The summed E-state index contributed by atoms with van der Waals surface area (Å²) < 4.78 is 4.88. The van der Waals surface area contributed by atoms with E-state index in [0.29, 0.717) is 5.69 Å². The maximum Gasteiger partial charge on any atom is 0.340 e. The van der Waals surface area contributed by atoms with Crippen LogP contribution in [0.2, 0.25) is 5.02 Å². The normalized spacial score (nSPS) is 11.7. The molecule has 1 aromatic carbocycles. The number of benzene rings is 1. The molecule has 5 nitrogen and oxygen atoms in total. The van der Waals surface area contributed by atoms with Crippen LogP contribution in [0.1, 0.15) is 30.6 Å². The van der Waals surface area contributed by atoms with Gasteiger partial charge in [0.1, 0.15) is 0 Å². The molecule has 3 N–H and O–H groups in total. The standard InChI is InChI=1S/C13H17ClN2O3/c1-3-8(2)16-11(17)7-19-13(18)9-5-4-6-10(15)12(9)14/h4-6,8H,3,7,15H2,1-2H3,(H,16,17). The van der Waals surface area contributed by atoms with E-state index in [4.69, 9.17) is 22.1 Å². The summed E-state index contributed by atoms with van der Waals surface area (Å²) in [7, 11) is 0. The molecular formula is C13H17ClN2O3. The van der Waals surface area contributed by atoms with Crippen LogP contribution in [-0.2, 0) is 9.53 Å². The van der Waals surface area contributed by atoms with Crippen molar-refractivity contribution in [3.8, 4) is 0 Å². The van der Waals surface area contributed by atoms with Crippen LogP contribution in [-0.4, -0.2) is 24.5 Å². The number of esters is 1. The highest BCUT2D eigenvalue weighted by molar-refractivity contribution is 6.36. The number of anilines is 1. The van der Waals surface area contributed by atoms with E-state index in [-0.39, 0.29) is 29.1 Å². The SMILES string of the molecule is CCC(C)NC(=O)COC(=O)c1cccc(N)c1Cl. The molecule has 104 valence electrons. The van der Waals surface area contributed by atoms with Gasteiger partial charge in [-0.1, -0.05) is 24.6 Å². The van der Waals surface area contributed by atoms with Gasteiger partial charge < -0.3 is 15.8 Å². The molecule has 0 heterocycles. The number of nitrogens with one attached hydrogen (secondary N) is 1. The number of rotatable bonds is 5. The molecule has 1 atom stereocenters. The summed E-state index contributed by atoms with van der Waals surface area (Å²) in [5, 5.41) is 2.82. The molecular weight excluding hydrogens is 268 g/mol. The van der Waals surface area contributed by atoms with Gasteiger partial charge in [0.25, 0.3) is 5.91 Å². The highest BCUT2D eigenvalue weighted by Gasteiger charge is 2.15. The van der Waals surface area contributed by atoms with Gasteiger partial charge in [-0.3, -0.25) is 4.79 Å². The van der Waals surface area contributed by atoms with Crippen LogP contribution in [0, 0.1) is 0 Å². The van der Waals surface area contributed by atoms with Gasteiger partial charge in [-0.15, -0.1) is 0 Å². The summed E-state index contributed by atoms with van der Waals surface area (Å²) in [4.78, 5) is 23.2. The van der Waals surface area contributed by atoms with Crippen LogP contribution in [0.4, 0.5) is 5.69 Å². The molecule has 19 heavy (non-hydrogen) atoms. The first-order chi connectivity index (χ1) is 8.95. The van der Waals surface area contributed by atoms with Crippen molar-refractivity contribution >= 4 is 29.2 Å². The fraction of sp³-hybridized carbons (Fsp3) is 0.385. The molecule has 1 aromatic rings. The summed E-state index contributed by atoms with van der Waals surface area (Å²) >= 11 is 5.88. The topological polar surface area (TPSA) is 81.4 Å². The quantitative estimate of drug-likeness (QED) is 0.640. The molecule has 6 heteroatoms. The Labute approximate surface area is 117 Å². The molecule has 1 unspecified atom stereocenters. The molecule has 1 rings (SSSR count). The summed E-state index contributed by atoms with van der Waals surface area (Å²) in [5.74, 6) is -1.01. The highest BCUT2D eigenvalue weighted by atomic mass is 35.5. The van der Waals surface area contributed by atoms with Crippen LogP contribution >= 0.6 is 11.6 Å². The van der Waals surface area contributed by atoms with Crippen molar-refractivity contribution < 1.29 is 14.3 Å². The van der Waals surface area contributed by atoms with E-state index in [1.165, 1.54) is 6.07 Å². The second kappa shape index (κ2) is 6.99. The monoisotopic (exact) mass is 284 g/mol. The van der Waals surface area contributed by atoms with Crippen molar-refractivity contribution in [2.45, 2.75) is 26.3 Å². The maximum absolute atomic E-state index is 11.7. The lowest BCUT2D eigenvalue weighted by atomic mass is 10.2. The van der Waals surface area contributed by atoms with Crippen molar-refractivity contribution in [3.05, 3.63) is 28.8 Å². The van der Waals surface area contributed by atoms with Gasteiger partial charge in [-0.25, -0.2) is 4.79 Å². The molecule has 1 amide bonds. The lowest BCUT2D eigenvalue weighted by molar-refractivity contribution is -0.124. The zero-order chi connectivity index (χ0) is 14.4. The highest BCUT2D eigenvalue weighted by Crippen LogP contribution is 2.23. The van der Waals surface area contributed by atoms with Crippen molar-refractivity contribution in [3.63, 3.8) is 0 Å². The Morgan fingerprint density at radius 3 is 2.79 bits per heavy atom. The van der Waals surface area contributed by atoms with Crippen molar-refractivity contribution in [1.29, 1.82) is 0 Å². The van der Waals surface area contributed by atoms with Crippen LogP contribution in [0.15, 0.2) is 18.2 Å². The van der Waals surface area contributed by atoms with Gasteiger partial charge in [0, 0.05) is 6.04 Å². The Morgan fingerprint density at radius 2 is 2.16 bits per heavy atom. The van der Waals surface area contributed by atoms with E-state index in [9.17, 15) is 9.59 Å². The second-order valence-electron chi connectivity index (χ2n) is 4.16. The van der Waals surface area contributed by atoms with Crippen LogP contribution in [0.5, 0.6) is 0 Å². The number of nitrogens with two attached hydrogens (primary N) is 1. The lowest BCUT2D eigenvalue weighted by Gasteiger charge is -2.12. The zero-order valence-electron chi connectivity index (χ0n) is 10.9. The van der Waals surface area contributed by atoms with E-state index in [1.54, 1.807) is 12.1 Å². The molecule has 0 fully saturated rings. The van der Waals surface area contributed by atoms with Gasteiger partial charge in [0.15, 0.2) is 6.61 Å². The third-order valence-corrected chi connectivity index (χ3v) is 3.02. The number of amides is 1. The minimum Gasteiger partial charge on any atom is -0.452 e. The molecule has 0 spiro atoms. The number of carbonyl (C=O) groups is 2. The Kier molecular flexibility index (Phi) is 5.63. The van der Waals surface area contributed by atoms with Crippen molar-refractivity contribution in [1.82, 2.24) is 5.32 Å². The molecule has 0 bridgehead atoms. The van der Waals surface area contributed by atoms with Gasteiger partial charge in [0.2, 0.25) is 0 Å². The largest absolute Gasteiger partial charge is 0.452 e. The number of halogens is 1. The van der Waals surface area contributed by atoms with Gasteiger partial charge >= 0.3 is 5.97 Å². The average molecular weight is 285 g/mol. The zero-order valence-corrected chi connectivity index (χ0v) is 11.7. The van der Waals surface area contributed by atoms with Crippen molar-refractivity contribution in [2.75, 3.05) is 12.3 Å². The number of hydrogen-bond donors (Lipinski definition) is 2. The summed E-state index contributed by atoms with van der Waals surface area (Å²) in [5.41, 5.74) is 6.02. The summed E-state index contributed by atoms with van der Waals surface area (Å²) in [6, 6.07) is 4.71. The molecule has 0 aliphatic carbocycles. The number of carbonyl (C=O) groups excluding carboxylic acids is 2. The van der Waals surface area contributed by atoms with Gasteiger partial charge in [-0.2, -0.15) is 0 Å². The fourth-order valence-corrected chi connectivity index (χ4v) is 1.54. The molecule has 0 saturated heterocycles. The predicted octanol–water partition coefficient (Wildman–Crippen LogP) is 1.99. The Balaban J connectivity index is 2.56. The third-order valence-electron chi connectivity index (χ3n) is 2.60. The lowest BCUT2D eigenvalue weighted by Crippen LogP contribution is -2.35. The molecule has 0 aromatic heterocycles. The number of nitrogen functional groups attached to an aromatic ring is 1. The average Bonchev–Trinajstić information content (AvgIpc) is 2.39. The third kappa shape index (κ3) is 4.44. The van der Waals surface area contributed by atoms with Crippen molar-refractivity contribution in [2.24, 2.45) is 0 Å². The molecule has 0 saturated carbocycles. The van der Waals surface area contributed by atoms with E-state index in [2.05, 4.69) is 5.32 Å². The van der Waals surface area contributed by atoms with E-state index in [1.807, 2.05) is 13.8 Å². The van der Waals surface area contributed by atoms with Crippen LogP contribution in [0.3, 0.4) is 0 Å². The first-order valence-electron chi connectivity index (χ1n) is 5.96. The second-order valence-corrected chi connectivity index (χ2v) is 4.54. The molecule has 0 radical (unpaired) electrons. The minimum atomic E-state index is -0.670. The maximum atomic E-state index is 11.7. The Morgan fingerprint density at radius 1 is 1.47 bits per heavy atom. The molecule has 0 aliphatic heterocycles. The van der Waals surface area contributed by atoms with Gasteiger partial charge in [0.05, 0.1) is 16.3 Å². The predicted molar refractivity (Wildman–Crippen MR) is 74.0 cm³/mol.